The van der Waals surface area contributed by atoms with Crippen molar-refractivity contribution in [2.75, 3.05) is 39.3 Å². The molecule has 2 fully saturated rings. The van der Waals surface area contributed by atoms with Gasteiger partial charge in [0.25, 0.3) is 0 Å². The van der Waals surface area contributed by atoms with E-state index in [9.17, 15) is 4.79 Å². The highest BCUT2D eigenvalue weighted by Gasteiger charge is 2.28. The molecule has 0 unspecified atom stereocenters. The van der Waals surface area contributed by atoms with Gasteiger partial charge in [0.2, 0.25) is 0 Å². The predicted octanol–water partition coefficient (Wildman–Crippen LogP) is 2.66. The van der Waals surface area contributed by atoms with Gasteiger partial charge in [0, 0.05) is 18.4 Å². The van der Waals surface area contributed by atoms with Gasteiger partial charge in [0.05, 0.1) is 0 Å². The third-order valence-corrected chi connectivity index (χ3v) is 5.23. The largest absolute Gasteiger partial charge is 0.304 e. The Hall–Kier alpha value is -0.410. The first-order valence-corrected chi connectivity index (χ1v) is 8.58. The number of hydrogen-bond donors (Lipinski definition) is 0. The summed E-state index contributed by atoms with van der Waals surface area (Å²) in [6.45, 7) is 13.6. The van der Waals surface area contributed by atoms with Gasteiger partial charge < -0.3 is 9.80 Å². The highest BCUT2D eigenvalue weighted by molar-refractivity contribution is 5.82. The van der Waals surface area contributed by atoms with Gasteiger partial charge in [-0.25, -0.2) is 0 Å². The summed E-state index contributed by atoms with van der Waals surface area (Å²) in [6, 6.07) is 0. The van der Waals surface area contributed by atoms with E-state index in [-0.39, 0.29) is 5.92 Å². The minimum absolute atomic E-state index is 0.213. The van der Waals surface area contributed by atoms with E-state index in [2.05, 4.69) is 16.7 Å². The maximum Gasteiger partial charge on any atom is 0.138 e. The van der Waals surface area contributed by atoms with Crippen LogP contribution in [0.2, 0.25) is 0 Å². The van der Waals surface area contributed by atoms with Crippen LogP contribution in [-0.4, -0.2) is 54.9 Å². The van der Waals surface area contributed by atoms with E-state index in [0.717, 1.165) is 31.8 Å². The van der Waals surface area contributed by atoms with Crippen LogP contribution < -0.4 is 0 Å². The molecule has 3 heteroatoms. The number of hydrogen-bond acceptors (Lipinski definition) is 3. The summed E-state index contributed by atoms with van der Waals surface area (Å²) in [6.07, 6.45) is 4.90. The van der Waals surface area contributed by atoms with Crippen LogP contribution in [0.15, 0.2) is 0 Å². The molecule has 0 aromatic heterocycles. The van der Waals surface area contributed by atoms with E-state index in [0.29, 0.717) is 11.7 Å². The zero-order valence-corrected chi connectivity index (χ0v) is 13.6. The Morgan fingerprint density at radius 3 is 2.05 bits per heavy atom. The smallest absolute Gasteiger partial charge is 0.138 e. The molecule has 0 aliphatic carbocycles. The summed E-state index contributed by atoms with van der Waals surface area (Å²) in [7, 11) is 0. The first-order valence-electron chi connectivity index (χ1n) is 8.58. The maximum atomic E-state index is 12.0. The van der Waals surface area contributed by atoms with E-state index in [1.165, 1.54) is 39.0 Å². The molecule has 2 saturated heterocycles. The van der Waals surface area contributed by atoms with Crippen molar-refractivity contribution >= 4 is 5.78 Å². The molecule has 2 heterocycles. The molecule has 0 aromatic carbocycles. The Balaban J connectivity index is 1.68. The Bertz CT molecular complexity index is 300. The molecule has 3 nitrogen and oxygen atoms in total. The van der Waals surface area contributed by atoms with Gasteiger partial charge in [-0.15, -0.1) is 0 Å². The first-order chi connectivity index (χ1) is 9.60. The van der Waals surface area contributed by atoms with Crippen molar-refractivity contribution in [2.45, 2.75) is 46.5 Å². The summed E-state index contributed by atoms with van der Waals surface area (Å²) in [5.74, 6) is 1.93. The standard InChI is InChI=1S/C17H32N2O/c1-4-18-9-5-15(6-10-18)13-19-11-7-16(8-12-19)17(20)14(2)3/h14-16H,4-13H2,1-3H3. The third-order valence-electron chi connectivity index (χ3n) is 5.23. The molecule has 20 heavy (non-hydrogen) atoms. The van der Waals surface area contributed by atoms with Gasteiger partial charge in [0.15, 0.2) is 0 Å². The summed E-state index contributed by atoms with van der Waals surface area (Å²) < 4.78 is 0. The SMILES string of the molecule is CCN1CCC(CN2CCC(C(=O)C(C)C)CC2)CC1. The van der Waals surface area contributed by atoms with Gasteiger partial charge in [-0.05, 0) is 64.3 Å². The number of carbonyl (C=O) groups is 1. The molecule has 2 rings (SSSR count). The van der Waals surface area contributed by atoms with Crippen LogP contribution in [0.3, 0.4) is 0 Å². The van der Waals surface area contributed by atoms with Crippen LogP contribution in [0.25, 0.3) is 0 Å². The predicted molar refractivity (Wildman–Crippen MR) is 83.8 cm³/mol. The molecule has 2 aliphatic rings. The lowest BCUT2D eigenvalue weighted by molar-refractivity contribution is -0.127. The highest BCUT2D eigenvalue weighted by Crippen LogP contribution is 2.24. The van der Waals surface area contributed by atoms with E-state index in [1.807, 2.05) is 13.8 Å². The number of likely N-dealkylation sites (tertiary alicyclic amines) is 2. The van der Waals surface area contributed by atoms with Crippen molar-refractivity contribution in [3.63, 3.8) is 0 Å². The Labute approximate surface area is 124 Å². The Kier molecular flexibility index (Phi) is 6.03. The molecule has 0 aromatic rings. The number of Topliss-reactive ketones (excluding diaryl/α,β-unsaturated/α-hetero) is 1. The van der Waals surface area contributed by atoms with E-state index < -0.39 is 0 Å². The van der Waals surface area contributed by atoms with Gasteiger partial charge in [0.1, 0.15) is 5.78 Å². The third kappa shape index (κ3) is 4.29. The van der Waals surface area contributed by atoms with Crippen LogP contribution in [0.4, 0.5) is 0 Å². The van der Waals surface area contributed by atoms with Crippen LogP contribution in [0, 0.1) is 17.8 Å². The fraction of sp³-hybridized carbons (Fsp3) is 0.941. The second kappa shape index (κ2) is 7.56. The molecule has 0 bridgehead atoms. The zero-order valence-electron chi connectivity index (χ0n) is 13.6. The minimum Gasteiger partial charge on any atom is -0.304 e. The topological polar surface area (TPSA) is 23.6 Å². The zero-order chi connectivity index (χ0) is 14.5. The van der Waals surface area contributed by atoms with Gasteiger partial charge >= 0.3 is 0 Å². The monoisotopic (exact) mass is 280 g/mol. The Morgan fingerprint density at radius 2 is 1.55 bits per heavy atom. The number of nitrogens with zero attached hydrogens (tertiary/aromatic N) is 2. The lowest BCUT2D eigenvalue weighted by Crippen LogP contribution is -2.42. The molecule has 0 atom stereocenters. The summed E-state index contributed by atoms with van der Waals surface area (Å²) in [5.41, 5.74) is 0. The highest BCUT2D eigenvalue weighted by atomic mass is 16.1. The van der Waals surface area contributed by atoms with E-state index in [4.69, 9.17) is 0 Å². The Morgan fingerprint density at radius 1 is 1.00 bits per heavy atom. The number of carbonyl (C=O) groups excluding carboxylic acids is 1. The van der Waals surface area contributed by atoms with Crippen molar-refractivity contribution in [1.29, 1.82) is 0 Å². The molecular formula is C17H32N2O. The number of ketones is 1. The van der Waals surface area contributed by atoms with Crippen molar-refractivity contribution in [1.82, 2.24) is 9.80 Å². The van der Waals surface area contributed by atoms with Gasteiger partial charge in [-0.3, -0.25) is 4.79 Å². The average Bonchev–Trinajstić information content (AvgIpc) is 2.48. The molecule has 0 amide bonds. The molecule has 0 N–H and O–H groups in total. The second-order valence-electron chi connectivity index (χ2n) is 7.01. The van der Waals surface area contributed by atoms with E-state index in [1.54, 1.807) is 0 Å². The van der Waals surface area contributed by atoms with Crippen LogP contribution in [-0.2, 0) is 4.79 Å². The van der Waals surface area contributed by atoms with Crippen LogP contribution in [0.5, 0.6) is 0 Å². The first kappa shape index (κ1) is 16.0. The molecule has 0 radical (unpaired) electrons. The lowest BCUT2D eigenvalue weighted by atomic mass is 9.86. The second-order valence-corrected chi connectivity index (χ2v) is 7.01. The maximum absolute atomic E-state index is 12.0. The summed E-state index contributed by atoms with van der Waals surface area (Å²) >= 11 is 0. The minimum atomic E-state index is 0.213. The molecule has 2 aliphatic heterocycles. The number of rotatable bonds is 5. The number of piperidine rings is 2. The van der Waals surface area contributed by atoms with Crippen molar-refractivity contribution in [3.05, 3.63) is 0 Å². The van der Waals surface area contributed by atoms with Gasteiger partial charge in [-0.1, -0.05) is 20.8 Å². The molecule has 116 valence electrons. The molecule has 0 spiro atoms. The van der Waals surface area contributed by atoms with Gasteiger partial charge in [-0.2, -0.15) is 0 Å². The van der Waals surface area contributed by atoms with Crippen molar-refractivity contribution < 1.29 is 4.79 Å². The van der Waals surface area contributed by atoms with Crippen LogP contribution >= 0.6 is 0 Å². The summed E-state index contributed by atoms with van der Waals surface area (Å²) in [5, 5.41) is 0. The normalized spacial score (nSPS) is 24.4. The van der Waals surface area contributed by atoms with Crippen LogP contribution in [0.1, 0.15) is 46.5 Å². The molecule has 0 saturated carbocycles. The van der Waals surface area contributed by atoms with E-state index >= 15 is 0 Å². The van der Waals surface area contributed by atoms with Crippen molar-refractivity contribution in [2.24, 2.45) is 17.8 Å². The fourth-order valence-electron chi connectivity index (χ4n) is 3.72. The summed E-state index contributed by atoms with van der Waals surface area (Å²) in [4.78, 5) is 17.2. The lowest BCUT2D eigenvalue weighted by Gasteiger charge is -2.37. The average molecular weight is 280 g/mol. The fourth-order valence-corrected chi connectivity index (χ4v) is 3.72. The quantitative estimate of drug-likeness (QED) is 0.773. The van der Waals surface area contributed by atoms with Crippen molar-refractivity contribution in [3.8, 4) is 0 Å². The molecular weight excluding hydrogens is 248 g/mol.